The average molecular weight is 236 g/mol. The molecule has 16 heavy (non-hydrogen) atoms. The van der Waals surface area contributed by atoms with Crippen LogP contribution in [0.15, 0.2) is 0 Å². The third kappa shape index (κ3) is 5.72. The fourth-order valence-corrected chi connectivity index (χ4v) is 2.10. The molecule has 0 aromatic carbocycles. The Morgan fingerprint density at radius 2 is 2.06 bits per heavy atom. The number of methoxy groups -OCH3 is 1. The van der Waals surface area contributed by atoms with Crippen LogP contribution >= 0.6 is 0 Å². The van der Waals surface area contributed by atoms with Crippen molar-refractivity contribution in [1.29, 1.82) is 0 Å². The highest BCUT2D eigenvalue weighted by Crippen LogP contribution is 2.14. The minimum absolute atomic E-state index is 0.132. The summed E-state index contributed by atoms with van der Waals surface area (Å²) < 4.78 is 29.7. The lowest BCUT2D eigenvalue weighted by molar-refractivity contribution is 0.0596. The standard InChI is InChI=1S/C11H22F2N2O/c1-16-7-6-15(9-11(12)13)8-10-2-4-14-5-3-10/h10-11,14H,2-9H2,1H3. The van der Waals surface area contributed by atoms with Gasteiger partial charge in [-0.05, 0) is 31.8 Å². The molecule has 0 saturated carbocycles. The zero-order chi connectivity index (χ0) is 11.8. The van der Waals surface area contributed by atoms with E-state index in [9.17, 15) is 8.78 Å². The zero-order valence-electron chi connectivity index (χ0n) is 9.92. The molecule has 96 valence electrons. The Bertz CT molecular complexity index is 175. The van der Waals surface area contributed by atoms with Crippen LogP contribution in [0.4, 0.5) is 8.78 Å². The summed E-state index contributed by atoms with van der Waals surface area (Å²) in [4.78, 5) is 1.82. The summed E-state index contributed by atoms with van der Waals surface area (Å²) in [6.07, 6.45) is -0.0713. The van der Waals surface area contributed by atoms with Gasteiger partial charge in [0, 0.05) is 20.2 Å². The van der Waals surface area contributed by atoms with Crippen LogP contribution in [0.3, 0.4) is 0 Å². The lowest BCUT2D eigenvalue weighted by atomic mass is 9.97. The van der Waals surface area contributed by atoms with Gasteiger partial charge in [-0.2, -0.15) is 0 Å². The predicted octanol–water partition coefficient (Wildman–Crippen LogP) is 1.20. The zero-order valence-corrected chi connectivity index (χ0v) is 9.92. The smallest absolute Gasteiger partial charge is 0.251 e. The quantitative estimate of drug-likeness (QED) is 0.719. The molecule has 0 spiro atoms. The van der Waals surface area contributed by atoms with E-state index in [4.69, 9.17) is 4.74 Å². The molecule has 1 aliphatic rings. The highest BCUT2D eigenvalue weighted by molar-refractivity contribution is 4.73. The van der Waals surface area contributed by atoms with Crippen molar-refractivity contribution < 1.29 is 13.5 Å². The summed E-state index contributed by atoms with van der Waals surface area (Å²) in [5.41, 5.74) is 0. The molecule has 0 aliphatic carbocycles. The second-order valence-corrected chi connectivity index (χ2v) is 4.34. The molecule has 1 fully saturated rings. The van der Waals surface area contributed by atoms with Crippen LogP contribution in [0.5, 0.6) is 0 Å². The Balaban J connectivity index is 2.28. The lowest BCUT2D eigenvalue weighted by Crippen LogP contribution is -2.39. The summed E-state index contributed by atoms with van der Waals surface area (Å²) in [5.74, 6) is 0.553. The van der Waals surface area contributed by atoms with Gasteiger partial charge in [-0.3, -0.25) is 4.90 Å². The van der Waals surface area contributed by atoms with E-state index in [-0.39, 0.29) is 6.54 Å². The highest BCUT2D eigenvalue weighted by Gasteiger charge is 2.19. The van der Waals surface area contributed by atoms with E-state index >= 15 is 0 Å². The number of halogens is 2. The molecular weight excluding hydrogens is 214 g/mol. The largest absolute Gasteiger partial charge is 0.383 e. The maximum atomic E-state index is 12.4. The predicted molar refractivity (Wildman–Crippen MR) is 59.9 cm³/mol. The number of hydrogen-bond donors (Lipinski definition) is 1. The molecule has 1 rings (SSSR count). The first-order valence-electron chi connectivity index (χ1n) is 5.92. The second kappa shape index (κ2) is 7.92. The van der Waals surface area contributed by atoms with E-state index < -0.39 is 6.43 Å². The normalized spacial score (nSPS) is 18.6. The number of piperidine rings is 1. The maximum absolute atomic E-state index is 12.4. The molecule has 0 aromatic rings. The van der Waals surface area contributed by atoms with Crippen molar-refractivity contribution in [3.63, 3.8) is 0 Å². The highest BCUT2D eigenvalue weighted by atomic mass is 19.3. The summed E-state index contributed by atoms with van der Waals surface area (Å²) in [5, 5.41) is 3.28. The number of alkyl halides is 2. The van der Waals surface area contributed by atoms with E-state index in [2.05, 4.69) is 5.32 Å². The molecule has 5 heteroatoms. The Morgan fingerprint density at radius 3 is 2.62 bits per heavy atom. The van der Waals surface area contributed by atoms with E-state index in [0.717, 1.165) is 32.5 Å². The van der Waals surface area contributed by atoms with Crippen LogP contribution in [-0.2, 0) is 4.74 Å². The fourth-order valence-electron chi connectivity index (χ4n) is 2.10. The van der Waals surface area contributed by atoms with Gasteiger partial charge in [0.05, 0.1) is 13.2 Å². The van der Waals surface area contributed by atoms with Crippen LogP contribution in [0.25, 0.3) is 0 Å². The first-order chi connectivity index (χ1) is 7.72. The van der Waals surface area contributed by atoms with Gasteiger partial charge < -0.3 is 10.1 Å². The Hall–Kier alpha value is -0.260. The van der Waals surface area contributed by atoms with E-state index in [1.165, 1.54) is 0 Å². The minimum Gasteiger partial charge on any atom is -0.383 e. The first-order valence-corrected chi connectivity index (χ1v) is 5.92. The third-order valence-electron chi connectivity index (χ3n) is 2.98. The summed E-state index contributed by atoms with van der Waals surface area (Å²) in [6, 6.07) is 0. The third-order valence-corrected chi connectivity index (χ3v) is 2.98. The van der Waals surface area contributed by atoms with E-state index in [1.807, 2.05) is 4.90 Å². The molecule has 0 radical (unpaired) electrons. The maximum Gasteiger partial charge on any atom is 0.251 e. The average Bonchev–Trinajstić information content (AvgIpc) is 2.26. The van der Waals surface area contributed by atoms with Crippen LogP contribution in [0.1, 0.15) is 12.8 Å². The van der Waals surface area contributed by atoms with Crippen molar-refractivity contribution in [3.05, 3.63) is 0 Å². The number of nitrogens with one attached hydrogen (secondary N) is 1. The van der Waals surface area contributed by atoms with Gasteiger partial charge in [0.15, 0.2) is 0 Å². The van der Waals surface area contributed by atoms with Crippen molar-refractivity contribution in [1.82, 2.24) is 10.2 Å². The number of rotatable bonds is 7. The van der Waals surface area contributed by atoms with Gasteiger partial charge in [0.25, 0.3) is 6.43 Å². The van der Waals surface area contributed by atoms with Crippen LogP contribution in [0.2, 0.25) is 0 Å². The molecule has 0 atom stereocenters. The molecule has 1 heterocycles. The number of hydrogen-bond acceptors (Lipinski definition) is 3. The van der Waals surface area contributed by atoms with Gasteiger partial charge in [-0.25, -0.2) is 8.78 Å². The number of ether oxygens (including phenoxy) is 1. The van der Waals surface area contributed by atoms with Crippen LogP contribution < -0.4 is 5.32 Å². The summed E-state index contributed by atoms with van der Waals surface area (Å²) in [7, 11) is 1.60. The van der Waals surface area contributed by atoms with Crippen LogP contribution in [0, 0.1) is 5.92 Å². The van der Waals surface area contributed by atoms with Crippen molar-refractivity contribution in [2.45, 2.75) is 19.3 Å². The Kier molecular flexibility index (Phi) is 6.84. The summed E-state index contributed by atoms with van der Waals surface area (Å²) in [6.45, 7) is 3.79. The van der Waals surface area contributed by atoms with Crippen molar-refractivity contribution in [2.24, 2.45) is 5.92 Å². The van der Waals surface area contributed by atoms with E-state index in [1.54, 1.807) is 7.11 Å². The Morgan fingerprint density at radius 1 is 1.38 bits per heavy atom. The SMILES string of the molecule is COCCN(CC(F)F)CC1CCNCC1. The van der Waals surface area contributed by atoms with Gasteiger partial charge in [-0.1, -0.05) is 0 Å². The minimum atomic E-state index is -2.25. The van der Waals surface area contributed by atoms with Crippen LogP contribution in [-0.4, -0.2) is 57.8 Å². The van der Waals surface area contributed by atoms with Gasteiger partial charge in [0.1, 0.15) is 0 Å². The van der Waals surface area contributed by atoms with Crippen molar-refractivity contribution in [3.8, 4) is 0 Å². The monoisotopic (exact) mass is 236 g/mol. The van der Waals surface area contributed by atoms with Gasteiger partial charge in [0.2, 0.25) is 0 Å². The molecule has 3 nitrogen and oxygen atoms in total. The topological polar surface area (TPSA) is 24.5 Å². The molecule has 0 bridgehead atoms. The first kappa shape index (κ1) is 13.8. The molecule has 0 unspecified atom stereocenters. The van der Waals surface area contributed by atoms with Crippen molar-refractivity contribution in [2.75, 3.05) is 46.4 Å². The van der Waals surface area contributed by atoms with Gasteiger partial charge in [-0.15, -0.1) is 0 Å². The lowest BCUT2D eigenvalue weighted by Gasteiger charge is -2.29. The molecule has 0 aromatic heterocycles. The van der Waals surface area contributed by atoms with Crippen molar-refractivity contribution >= 4 is 0 Å². The van der Waals surface area contributed by atoms with E-state index in [0.29, 0.717) is 19.1 Å². The second-order valence-electron chi connectivity index (χ2n) is 4.34. The molecule has 0 amide bonds. The molecule has 1 aliphatic heterocycles. The Labute approximate surface area is 96.1 Å². The fraction of sp³-hybridized carbons (Fsp3) is 1.00. The molecule has 1 N–H and O–H groups in total. The number of nitrogens with zero attached hydrogens (tertiary/aromatic N) is 1. The van der Waals surface area contributed by atoms with Gasteiger partial charge >= 0.3 is 0 Å². The molecule has 1 saturated heterocycles. The summed E-state index contributed by atoms with van der Waals surface area (Å²) >= 11 is 0. The molecular formula is C11H22F2N2O.